The third kappa shape index (κ3) is 2.23. The van der Waals surface area contributed by atoms with Crippen LogP contribution in [0.2, 0.25) is 0 Å². The summed E-state index contributed by atoms with van der Waals surface area (Å²) in [6.07, 6.45) is 3.63. The van der Waals surface area contributed by atoms with Gasteiger partial charge in [0, 0.05) is 22.8 Å². The highest BCUT2D eigenvalue weighted by atomic mass is 32.1. The third-order valence-corrected chi connectivity index (χ3v) is 3.42. The topological polar surface area (TPSA) is 25.8 Å². The minimum absolute atomic E-state index is 0.179. The van der Waals surface area contributed by atoms with Gasteiger partial charge in [0.05, 0.1) is 5.69 Å². The Morgan fingerprint density at radius 3 is 2.60 bits per heavy atom. The van der Waals surface area contributed by atoms with Gasteiger partial charge in [-0.3, -0.25) is 4.98 Å². The highest BCUT2D eigenvalue weighted by Gasteiger charge is 2.17. The molecule has 0 atom stereocenters. The van der Waals surface area contributed by atoms with Gasteiger partial charge >= 0.3 is 0 Å². The first-order chi connectivity index (χ1) is 7.07. The Hall–Kier alpha value is -1.22. The Kier molecular flexibility index (Phi) is 2.57. The average molecular weight is 218 g/mol. The second kappa shape index (κ2) is 3.74. The molecule has 0 N–H and O–H groups in total. The summed E-state index contributed by atoms with van der Waals surface area (Å²) >= 11 is 1.57. The van der Waals surface area contributed by atoms with Crippen LogP contribution < -0.4 is 0 Å². The van der Waals surface area contributed by atoms with E-state index >= 15 is 0 Å². The van der Waals surface area contributed by atoms with Crippen molar-refractivity contribution >= 4 is 11.5 Å². The van der Waals surface area contributed by atoms with Crippen molar-refractivity contribution in [3.63, 3.8) is 0 Å². The molecule has 15 heavy (non-hydrogen) atoms. The van der Waals surface area contributed by atoms with E-state index in [0.717, 1.165) is 11.3 Å². The van der Waals surface area contributed by atoms with Crippen molar-refractivity contribution in [3.8, 4) is 11.3 Å². The molecule has 0 aliphatic carbocycles. The summed E-state index contributed by atoms with van der Waals surface area (Å²) in [4.78, 5) is 5.40. The SMILES string of the molecule is CC(C)(C)c1cc(-c2cccnc2)ns1. The van der Waals surface area contributed by atoms with Crippen molar-refractivity contribution in [1.82, 2.24) is 9.36 Å². The van der Waals surface area contributed by atoms with Crippen molar-refractivity contribution in [1.29, 1.82) is 0 Å². The molecular formula is C12H14N2S. The second-order valence-corrected chi connectivity index (χ2v) is 5.37. The van der Waals surface area contributed by atoms with Gasteiger partial charge in [-0.1, -0.05) is 20.8 Å². The van der Waals surface area contributed by atoms with E-state index in [4.69, 9.17) is 0 Å². The molecule has 0 fully saturated rings. The van der Waals surface area contributed by atoms with Gasteiger partial charge in [-0.15, -0.1) is 0 Å². The predicted molar refractivity (Wildman–Crippen MR) is 64.0 cm³/mol. The lowest BCUT2D eigenvalue weighted by Gasteiger charge is -2.14. The molecule has 3 heteroatoms. The number of hydrogen-bond acceptors (Lipinski definition) is 3. The third-order valence-electron chi connectivity index (χ3n) is 2.21. The Labute approximate surface area is 94.2 Å². The molecule has 2 nitrogen and oxygen atoms in total. The summed E-state index contributed by atoms with van der Waals surface area (Å²) in [6, 6.07) is 6.13. The van der Waals surface area contributed by atoms with Crippen LogP contribution >= 0.6 is 11.5 Å². The average Bonchev–Trinajstić information content (AvgIpc) is 2.67. The molecule has 0 saturated heterocycles. The predicted octanol–water partition coefficient (Wildman–Crippen LogP) is 3.50. The van der Waals surface area contributed by atoms with Gasteiger partial charge in [-0.2, -0.15) is 4.37 Å². The fourth-order valence-corrected chi connectivity index (χ4v) is 2.07. The van der Waals surface area contributed by atoms with E-state index in [1.54, 1.807) is 17.7 Å². The first-order valence-electron chi connectivity index (χ1n) is 4.95. The summed E-state index contributed by atoms with van der Waals surface area (Å²) in [6.45, 7) is 6.61. The van der Waals surface area contributed by atoms with Crippen molar-refractivity contribution in [2.75, 3.05) is 0 Å². The molecule has 2 heterocycles. The molecule has 0 amide bonds. The zero-order valence-electron chi connectivity index (χ0n) is 9.19. The monoisotopic (exact) mass is 218 g/mol. The summed E-state index contributed by atoms with van der Waals surface area (Å²) < 4.78 is 4.45. The fourth-order valence-electron chi connectivity index (χ4n) is 1.28. The van der Waals surface area contributed by atoms with E-state index in [1.807, 2.05) is 18.3 Å². The van der Waals surface area contributed by atoms with Crippen LogP contribution in [0.25, 0.3) is 11.3 Å². The van der Waals surface area contributed by atoms with Gasteiger partial charge in [0.1, 0.15) is 0 Å². The maximum atomic E-state index is 4.45. The zero-order chi connectivity index (χ0) is 10.9. The van der Waals surface area contributed by atoms with E-state index in [-0.39, 0.29) is 5.41 Å². The van der Waals surface area contributed by atoms with Crippen molar-refractivity contribution in [2.24, 2.45) is 0 Å². The summed E-state index contributed by atoms with van der Waals surface area (Å²) in [5.41, 5.74) is 2.29. The van der Waals surface area contributed by atoms with Crippen LogP contribution in [0.3, 0.4) is 0 Å². The van der Waals surface area contributed by atoms with Gasteiger partial charge in [-0.05, 0) is 35.1 Å². The molecule has 2 rings (SSSR count). The maximum absolute atomic E-state index is 4.45. The molecule has 0 aliphatic heterocycles. The van der Waals surface area contributed by atoms with Gasteiger partial charge in [0.2, 0.25) is 0 Å². The van der Waals surface area contributed by atoms with Gasteiger partial charge in [0.25, 0.3) is 0 Å². The quantitative estimate of drug-likeness (QED) is 0.732. The lowest BCUT2D eigenvalue weighted by Crippen LogP contribution is -2.07. The number of aromatic nitrogens is 2. The van der Waals surface area contributed by atoms with E-state index in [0.29, 0.717) is 0 Å². The number of rotatable bonds is 1. The Bertz CT molecular complexity index is 440. The van der Waals surface area contributed by atoms with Crippen molar-refractivity contribution in [2.45, 2.75) is 26.2 Å². The molecule has 78 valence electrons. The van der Waals surface area contributed by atoms with Crippen LogP contribution in [0.15, 0.2) is 30.6 Å². The molecule has 0 saturated carbocycles. The standard InChI is InChI=1S/C12H14N2S/c1-12(2,3)11-7-10(14-15-11)9-5-4-6-13-8-9/h4-8H,1-3H3. The molecule has 0 aromatic carbocycles. The molecule has 0 aliphatic rings. The largest absolute Gasteiger partial charge is 0.264 e. The molecular weight excluding hydrogens is 204 g/mol. The minimum atomic E-state index is 0.179. The first kappa shape index (κ1) is 10.3. The van der Waals surface area contributed by atoms with E-state index in [2.05, 4.69) is 36.2 Å². The Morgan fingerprint density at radius 1 is 1.27 bits per heavy atom. The Balaban J connectivity index is 2.37. The normalized spacial score (nSPS) is 11.7. The lowest BCUT2D eigenvalue weighted by molar-refractivity contribution is 0.604. The van der Waals surface area contributed by atoms with Gasteiger partial charge < -0.3 is 0 Å². The summed E-state index contributed by atoms with van der Waals surface area (Å²) in [7, 11) is 0. The van der Waals surface area contributed by atoms with Crippen molar-refractivity contribution < 1.29 is 0 Å². The van der Waals surface area contributed by atoms with Crippen LogP contribution in [0.5, 0.6) is 0 Å². The van der Waals surface area contributed by atoms with Crippen LogP contribution in [-0.2, 0) is 5.41 Å². The Morgan fingerprint density at radius 2 is 2.07 bits per heavy atom. The molecule has 0 spiro atoms. The number of pyridine rings is 1. The van der Waals surface area contributed by atoms with Crippen LogP contribution in [0.4, 0.5) is 0 Å². The van der Waals surface area contributed by atoms with Crippen LogP contribution in [-0.4, -0.2) is 9.36 Å². The van der Waals surface area contributed by atoms with Gasteiger partial charge in [-0.25, -0.2) is 0 Å². The summed E-state index contributed by atoms with van der Waals surface area (Å²) in [5, 5.41) is 0. The molecule has 0 bridgehead atoms. The fraction of sp³-hybridized carbons (Fsp3) is 0.333. The number of hydrogen-bond donors (Lipinski definition) is 0. The van der Waals surface area contributed by atoms with Gasteiger partial charge in [0.15, 0.2) is 0 Å². The van der Waals surface area contributed by atoms with E-state index in [9.17, 15) is 0 Å². The number of nitrogens with zero attached hydrogens (tertiary/aromatic N) is 2. The maximum Gasteiger partial charge on any atom is 0.0859 e. The smallest absolute Gasteiger partial charge is 0.0859 e. The van der Waals surface area contributed by atoms with Crippen molar-refractivity contribution in [3.05, 3.63) is 35.5 Å². The lowest BCUT2D eigenvalue weighted by atomic mass is 9.94. The molecule has 2 aromatic rings. The minimum Gasteiger partial charge on any atom is -0.264 e. The van der Waals surface area contributed by atoms with Crippen LogP contribution in [0, 0.1) is 0 Å². The molecule has 0 unspecified atom stereocenters. The zero-order valence-corrected chi connectivity index (χ0v) is 10.0. The highest BCUT2D eigenvalue weighted by Crippen LogP contribution is 2.30. The van der Waals surface area contributed by atoms with Crippen LogP contribution in [0.1, 0.15) is 25.6 Å². The van der Waals surface area contributed by atoms with E-state index < -0.39 is 0 Å². The second-order valence-electron chi connectivity index (χ2n) is 4.57. The summed E-state index contributed by atoms with van der Waals surface area (Å²) in [5.74, 6) is 0. The molecule has 2 aromatic heterocycles. The van der Waals surface area contributed by atoms with E-state index in [1.165, 1.54) is 4.88 Å². The first-order valence-corrected chi connectivity index (χ1v) is 5.72. The molecule has 0 radical (unpaired) electrons. The highest BCUT2D eigenvalue weighted by molar-refractivity contribution is 7.06.